The van der Waals surface area contributed by atoms with Crippen LogP contribution in [-0.2, 0) is 42.2 Å². The van der Waals surface area contributed by atoms with Crippen molar-refractivity contribution >= 4 is 25.7 Å². The lowest BCUT2D eigenvalue weighted by molar-refractivity contribution is -0.161. The van der Waals surface area contributed by atoms with Gasteiger partial charge in [-0.1, -0.05) is 285 Å². The van der Waals surface area contributed by atoms with E-state index in [1.807, 2.05) is 0 Å². The van der Waals surface area contributed by atoms with Gasteiger partial charge < -0.3 is 24.2 Å². The van der Waals surface area contributed by atoms with Crippen LogP contribution in [0.1, 0.15) is 303 Å². The Bertz CT molecular complexity index is 1780. The molecule has 2 N–H and O–H groups in total. The van der Waals surface area contributed by atoms with Gasteiger partial charge in [0.25, 0.3) is 0 Å². The standard InChI is InChI=1S/C72H125O11P/c1-4-7-10-13-16-19-22-25-28-31-34-37-40-43-46-49-52-55-58-61-70(74)79-65-69(83-72(76)63-60-57-54-51-48-45-42-39-36-33-30-27-24-21-18-15-12-9-6-3)67-81-84(77,78)80-66-68(64-73)82-71(75)62-59-56-53-50-47-44-41-38-35-32-29-26-23-20-17-14-11-8-5-2/h7,9-10,12,16,18-19,21,25,27-28,30,34,36-37,39,68-69,73H,4-6,8,11,13-15,17,20,22-24,26,29,31-33,35,38,40-67H2,1-3H3,(H,77,78)/b10-7-,12-9-,19-16-,21-18-,28-25-,30-27-,37-34-,39-36-. The molecule has 0 rings (SSSR count). The number of carbonyl (C=O) groups excluding carboxylic acids is 3. The number of carbonyl (C=O) groups is 3. The number of unbranched alkanes of at least 4 members (excludes halogenated alkanes) is 30. The Morgan fingerprint density at radius 2 is 0.619 bits per heavy atom. The van der Waals surface area contributed by atoms with Gasteiger partial charge in [0.05, 0.1) is 19.8 Å². The third kappa shape index (κ3) is 62.9. The molecule has 0 bridgehead atoms. The third-order valence-electron chi connectivity index (χ3n) is 14.5. The topological polar surface area (TPSA) is 155 Å². The zero-order valence-electron chi connectivity index (χ0n) is 53.8. The molecule has 0 aliphatic heterocycles. The van der Waals surface area contributed by atoms with Crippen LogP contribution >= 0.6 is 7.82 Å². The molecule has 0 radical (unpaired) electrons. The summed E-state index contributed by atoms with van der Waals surface area (Å²) in [5, 5.41) is 9.88. The average molecular weight is 1200 g/mol. The fourth-order valence-electron chi connectivity index (χ4n) is 9.40. The van der Waals surface area contributed by atoms with Crippen LogP contribution in [-0.4, -0.2) is 66.5 Å². The van der Waals surface area contributed by atoms with Gasteiger partial charge in [0.1, 0.15) is 12.7 Å². The Hall–Kier alpha value is -3.60. The van der Waals surface area contributed by atoms with Gasteiger partial charge in [-0.15, -0.1) is 0 Å². The highest BCUT2D eigenvalue weighted by Gasteiger charge is 2.28. The van der Waals surface area contributed by atoms with Gasteiger partial charge in [-0.2, -0.15) is 0 Å². The van der Waals surface area contributed by atoms with Gasteiger partial charge in [-0.25, -0.2) is 4.57 Å². The van der Waals surface area contributed by atoms with E-state index < -0.39 is 57.8 Å². The van der Waals surface area contributed by atoms with E-state index in [0.29, 0.717) is 19.3 Å². The third-order valence-corrected chi connectivity index (χ3v) is 15.5. The number of hydrogen-bond acceptors (Lipinski definition) is 10. The van der Waals surface area contributed by atoms with Gasteiger partial charge in [-0.3, -0.25) is 23.4 Å². The molecule has 0 aromatic carbocycles. The van der Waals surface area contributed by atoms with Crippen molar-refractivity contribution < 1.29 is 52.2 Å². The van der Waals surface area contributed by atoms with Crippen molar-refractivity contribution in [3.63, 3.8) is 0 Å². The van der Waals surface area contributed by atoms with Gasteiger partial charge >= 0.3 is 25.7 Å². The van der Waals surface area contributed by atoms with E-state index in [1.165, 1.54) is 96.3 Å². The first kappa shape index (κ1) is 80.4. The van der Waals surface area contributed by atoms with Crippen molar-refractivity contribution in [2.75, 3.05) is 26.4 Å². The molecule has 0 heterocycles. The number of phosphoric acid groups is 1. The second kappa shape index (κ2) is 65.4. The summed E-state index contributed by atoms with van der Waals surface area (Å²) in [6, 6.07) is 0. The van der Waals surface area contributed by atoms with Gasteiger partial charge in [0.15, 0.2) is 6.10 Å². The minimum absolute atomic E-state index is 0.145. The fourth-order valence-corrected chi connectivity index (χ4v) is 10.2. The average Bonchev–Trinajstić information content (AvgIpc) is 3.55. The highest BCUT2D eigenvalue weighted by atomic mass is 31.2. The van der Waals surface area contributed by atoms with Crippen molar-refractivity contribution in [1.29, 1.82) is 0 Å². The molecule has 0 saturated carbocycles. The minimum Gasteiger partial charge on any atom is -0.462 e. The lowest BCUT2D eigenvalue weighted by atomic mass is 10.0. The molecule has 484 valence electrons. The van der Waals surface area contributed by atoms with Crippen LogP contribution in [0.15, 0.2) is 97.2 Å². The first-order valence-corrected chi connectivity index (χ1v) is 35.6. The summed E-state index contributed by atoms with van der Waals surface area (Å²) in [5.74, 6) is -1.49. The molecule has 0 aliphatic rings. The number of allylic oxidation sites excluding steroid dienone is 16. The molecular formula is C72H125O11P. The van der Waals surface area contributed by atoms with E-state index in [0.717, 1.165) is 148 Å². The summed E-state index contributed by atoms with van der Waals surface area (Å²) in [5.41, 5.74) is 0. The summed E-state index contributed by atoms with van der Waals surface area (Å²) < 4.78 is 39.8. The summed E-state index contributed by atoms with van der Waals surface area (Å²) >= 11 is 0. The van der Waals surface area contributed by atoms with Crippen LogP contribution in [0, 0.1) is 0 Å². The van der Waals surface area contributed by atoms with E-state index >= 15 is 0 Å². The quantitative estimate of drug-likeness (QED) is 0.0197. The monoisotopic (exact) mass is 1200 g/mol. The number of aliphatic hydroxyl groups is 1. The number of aliphatic hydroxyl groups excluding tert-OH is 1. The summed E-state index contributed by atoms with van der Waals surface area (Å²) in [6.07, 6.45) is 79.2. The van der Waals surface area contributed by atoms with Gasteiger partial charge in [-0.05, 0) is 96.3 Å². The molecule has 0 fully saturated rings. The predicted molar refractivity (Wildman–Crippen MR) is 353 cm³/mol. The lowest BCUT2D eigenvalue weighted by Crippen LogP contribution is -2.30. The minimum atomic E-state index is -4.77. The fraction of sp³-hybridized carbons (Fsp3) is 0.736. The zero-order chi connectivity index (χ0) is 61.2. The van der Waals surface area contributed by atoms with Crippen LogP contribution in [0.3, 0.4) is 0 Å². The van der Waals surface area contributed by atoms with Crippen LogP contribution < -0.4 is 0 Å². The Balaban J connectivity index is 4.71. The van der Waals surface area contributed by atoms with Crippen LogP contribution in [0.5, 0.6) is 0 Å². The van der Waals surface area contributed by atoms with Crippen molar-refractivity contribution in [2.24, 2.45) is 0 Å². The van der Waals surface area contributed by atoms with E-state index in [1.54, 1.807) is 0 Å². The van der Waals surface area contributed by atoms with Crippen LogP contribution in [0.25, 0.3) is 0 Å². The maximum Gasteiger partial charge on any atom is 0.472 e. The Kier molecular flexibility index (Phi) is 62.6. The molecule has 11 nitrogen and oxygen atoms in total. The normalized spacial score (nSPS) is 13.8. The van der Waals surface area contributed by atoms with Crippen molar-refractivity contribution in [1.82, 2.24) is 0 Å². The van der Waals surface area contributed by atoms with E-state index in [-0.39, 0.29) is 25.9 Å². The first-order valence-electron chi connectivity index (χ1n) is 34.1. The predicted octanol–water partition coefficient (Wildman–Crippen LogP) is 21.2. The molecule has 0 amide bonds. The summed E-state index contributed by atoms with van der Waals surface area (Å²) in [7, 11) is -4.77. The second-order valence-electron chi connectivity index (χ2n) is 22.6. The van der Waals surface area contributed by atoms with Crippen molar-refractivity contribution in [3.8, 4) is 0 Å². The van der Waals surface area contributed by atoms with Crippen molar-refractivity contribution in [3.05, 3.63) is 97.2 Å². The molecule has 0 saturated heterocycles. The second-order valence-corrected chi connectivity index (χ2v) is 24.0. The first-order chi connectivity index (χ1) is 41.2. The SMILES string of the molecule is CC/C=C\C/C=C\C/C=C\C/C=C\CCCCCCCCC(=O)OCC(COP(=O)(O)OCC(CO)OC(=O)CCCCCCCCCCCCCCCCCCCCC)OC(=O)CCCCCCCC/C=C\C/C=C\C/C=C\C/C=C\CC. The molecule has 3 unspecified atom stereocenters. The van der Waals surface area contributed by atoms with E-state index in [2.05, 4.69) is 118 Å². The molecule has 0 aliphatic carbocycles. The van der Waals surface area contributed by atoms with Gasteiger partial charge in [0, 0.05) is 19.3 Å². The van der Waals surface area contributed by atoms with Crippen LogP contribution in [0.4, 0.5) is 0 Å². The largest absolute Gasteiger partial charge is 0.472 e. The van der Waals surface area contributed by atoms with E-state index in [4.69, 9.17) is 23.3 Å². The highest BCUT2D eigenvalue weighted by Crippen LogP contribution is 2.43. The van der Waals surface area contributed by atoms with Gasteiger partial charge in [0.2, 0.25) is 0 Å². The molecule has 12 heteroatoms. The molecular weight excluding hydrogens is 1070 g/mol. The number of esters is 3. The molecule has 0 aromatic rings. The number of rotatable bonds is 63. The number of hydrogen-bond donors (Lipinski definition) is 2. The molecule has 0 aromatic heterocycles. The van der Waals surface area contributed by atoms with E-state index in [9.17, 15) is 28.9 Å². The Labute approximate surface area is 514 Å². The number of ether oxygens (including phenoxy) is 3. The molecule has 84 heavy (non-hydrogen) atoms. The van der Waals surface area contributed by atoms with Crippen molar-refractivity contribution in [2.45, 2.75) is 315 Å². The van der Waals surface area contributed by atoms with Crippen LogP contribution in [0.2, 0.25) is 0 Å². The highest BCUT2D eigenvalue weighted by molar-refractivity contribution is 7.47. The molecule has 0 spiro atoms. The number of phosphoric ester groups is 1. The lowest BCUT2D eigenvalue weighted by Gasteiger charge is -2.21. The maximum atomic E-state index is 13.0. The summed E-state index contributed by atoms with van der Waals surface area (Å²) in [4.78, 5) is 48.9. The summed E-state index contributed by atoms with van der Waals surface area (Å²) in [6.45, 7) is 4.44. The Morgan fingerprint density at radius 1 is 0.345 bits per heavy atom. The zero-order valence-corrected chi connectivity index (χ0v) is 54.7. The maximum absolute atomic E-state index is 13.0. The molecule has 3 atom stereocenters. The Morgan fingerprint density at radius 3 is 0.952 bits per heavy atom. The smallest absolute Gasteiger partial charge is 0.462 e.